The van der Waals surface area contributed by atoms with Gasteiger partial charge in [0.05, 0.1) is 16.8 Å². The summed E-state index contributed by atoms with van der Waals surface area (Å²) in [5.41, 5.74) is 2.17. The maximum absolute atomic E-state index is 13.6. The summed E-state index contributed by atoms with van der Waals surface area (Å²) >= 11 is 1.16. The van der Waals surface area contributed by atoms with Gasteiger partial charge in [0.25, 0.3) is 5.91 Å². The third-order valence-electron chi connectivity index (χ3n) is 4.43. The van der Waals surface area contributed by atoms with E-state index in [1.165, 1.54) is 12.1 Å². The lowest BCUT2D eigenvalue weighted by Crippen LogP contribution is -2.23. The number of halogens is 1. The maximum Gasteiger partial charge on any atom is 0.326 e. The molecule has 0 fully saturated rings. The van der Waals surface area contributed by atoms with Crippen LogP contribution in [0.4, 0.5) is 4.39 Å². The van der Waals surface area contributed by atoms with E-state index in [0.29, 0.717) is 20.6 Å². The lowest BCUT2D eigenvalue weighted by Gasteiger charge is -2.18. The average molecular weight is 415 g/mol. The molecule has 1 heterocycles. The molecule has 0 saturated heterocycles. The quantitative estimate of drug-likeness (QED) is 0.593. The Morgan fingerprint density at radius 1 is 1.14 bits per heavy atom. The predicted molar refractivity (Wildman–Crippen MR) is 111 cm³/mol. The summed E-state index contributed by atoms with van der Waals surface area (Å²) in [6.45, 7) is 8.17. The second-order valence-corrected chi connectivity index (χ2v) is 8.64. The van der Waals surface area contributed by atoms with E-state index in [-0.39, 0.29) is 18.6 Å². The molecule has 0 N–H and O–H groups in total. The van der Waals surface area contributed by atoms with Gasteiger partial charge in [-0.05, 0) is 48.2 Å². The van der Waals surface area contributed by atoms with Crippen molar-refractivity contribution in [3.63, 3.8) is 0 Å². The van der Waals surface area contributed by atoms with Crippen LogP contribution in [0.15, 0.2) is 47.5 Å². The lowest BCUT2D eigenvalue weighted by atomic mass is 9.87. The first-order valence-corrected chi connectivity index (χ1v) is 10.1. The van der Waals surface area contributed by atoms with E-state index < -0.39 is 17.7 Å². The number of esters is 1. The van der Waals surface area contributed by atoms with Crippen LogP contribution in [0.2, 0.25) is 0 Å². The zero-order valence-corrected chi connectivity index (χ0v) is 17.7. The second kappa shape index (κ2) is 8.29. The van der Waals surface area contributed by atoms with Crippen LogP contribution >= 0.6 is 11.3 Å². The van der Waals surface area contributed by atoms with Gasteiger partial charge in [0.15, 0.2) is 4.80 Å². The fourth-order valence-electron chi connectivity index (χ4n) is 2.89. The number of carbonyl (C=O) groups excluding carboxylic acids is 2. The van der Waals surface area contributed by atoms with Crippen molar-refractivity contribution in [3.8, 4) is 0 Å². The fraction of sp³-hybridized carbons (Fsp3) is 0.318. The monoisotopic (exact) mass is 414 g/mol. The third-order valence-corrected chi connectivity index (χ3v) is 5.47. The number of fused-ring (bicyclic) bond motifs is 1. The molecule has 3 aromatic rings. The van der Waals surface area contributed by atoms with Crippen molar-refractivity contribution in [1.82, 2.24) is 4.57 Å². The fourth-order valence-corrected chi connectivity index (χ4v) is 3.94. The van der Waals surface area contributed by atoms with Gasteiger partial charge < -0.3 is 9.30 Å². The van der Waals surface area contributed by atoms with Gasteiger partial charge >= 0.3 is 5.97 Å². The van der Waals surface area contributed by atoms with Gasteiger partial charge in [-0.15, -0.1) is 0 Å². The second-order valence-electron chi connectivity index (χ2n) is 7.63. The van der Waals surface area contributed by atoms with Crippen LogP contribution in [0, 0.1) is 5.82 Å². The Kier molecular flexibility index (Phi) is 5.98. The molecule has 2 aromatic carbocycles. The number of ether oxygens (including phenoxy) is 1. The summed E-state index contributed by atoms with van der Waals surface area (Å²) in [6.07, 6.45) is 0. The molecule has 1 amide bonds. The van der Waals surface area contributed by atoms with Crippen molar-refractivity contribution in [2.45, 2.75) is 39.7 Å². The Balaban J connectivity index is 2.04. The predicted octanol–water partition coefficient (Wildman–Crippen LogP) is 4.44. The molecule has 1 aromatic heterocycles. The van der Waals surface area contributed by atoms with Crippen LogP contribution in [0.1, 0.15) is 43.6 Å². The topological polar surface area (TPSA) is 60.7 Å². The molecule has 0 radical (unpaired) electrons. The number of thiazole rings is 1. The first kappa shape index (κ1) is 20.9. The standard InChI is InChI=1S/C22H23FN2O3S/c1-5-28-19(26)13-25-17-11-10-16(23)12-18(17)29-21(25)24-20(27)14-6-8-15(9-7-14)22(2,3)4/h6-12H,5,13H2,1-4H3. The summed E-state index contributed by atoms with van der Waals surface area (Å²) < 4.78 is 20.8. The molecule has 0 bridgehead atoms. The van der Waals surface area contributed by atoms with Gasteiger partial charge in [-0.25, -0.2) is 4.39 Å². The molecule has 152 valence electrons. The normalized spacial score (nSPS) is 12.4. The molecule has 29 heavy (non-hydrogen) atoms. The SMILES string of the molecule is CCOC(=O)Cn1c(=NC(=O)c2ccc(C(C)(C)C)cc2)sc2cc(F)ccc21. The number of hydrogen-bond donors (Lipinski definition) is 0. The van der Waals surface area contributed by atoms with Crippen molar-refractivity contribution in [1.29, 1.82) is 0 Å². The third kappa shape index (κ3) is 4.79. The van der Waals surface area contributed by atoms with Gasteiger partial charge in [-0.2, -0.15) is 4.99 Å². The van der Waals surface area contributed by atoms with Crippen LogP contribution in [-0.2, 0) is 21.5 Å². The van der Waals surface area contributed by atoms with Crippen LogP contribution in [-0.4, -0.2) is 23.1 Å². The molecular weight excluding hydrogens is 391 g/mol. The number of hydrogen-bond acceptors (Lipinski definition) is 4. The van der Waals surface area contributed by atoms with Gasteiger partial charge in [-0.1, -0.05) is 44.2 Å². The van der Waals surface area contributed by atoms with Crippen molar-refractivity contribution in [2.24, 2.45) is 4.99 Å². The summed E-state index contributed by atoms with van der Waals surface area (Å²) in [4.78, 5) is 29.3. The summed E-state index contributed by atoms with van der Waals surface area (Å²) in [6, 6.07) is 11.6. The van der Waals surface area contributed by atoms with E-state index in [9.17, 15) is 14.0 Å². The first-order chi connectivity index (χ1) is 13.7. The molecule has 0 unspecified atom stereocenters. The first-order valence-electron chi connectivity index (χ1n) is 9.33. The van der Waals surface area contributed by atoms with Gasteiger partial charge in [0.1, 0.15) is 12.4 Å². The zero-order chi connectivity index (χ0) is 21.2. The Labute approximate surface area is 172 Å². The van der Waals surface area contributed by atoms with Gasteiger partial charge in [0.2, 0.25) is 0 Å². The zero-order valence-electron chi connectivity index (χ0n) is 16.9. The van der Waals surface area contributed by atoms with Crippen LogP contribution < -0.4 is 4.80 Å². The Morgan fingerprint density at radius 3 is 2.45 bits per heavy atom. The molecular formula is C22H23FN2O3S. The van der Waals surface area contributed by atoms with E-state index >= 15 is 0 Å². The minimum Gasteiger partial charge on any atom is -0.465 e. The molecule has 3 rings (SSSR count). The van der Waals surface area contributed by atoms with E-state index in [1.807, 2.05) is 12.1 Å². The summed E-state index contributed by atoms with van der Waals surface area (Å²) in [5.74, 6) is -1.26. The number of rotatable bonds is 4. The highest BCUT2D eigenvalue weighted by Crippen LogP contribution is 2.23. The molecule has 5 nitrogen and oxygen atoms in total. The summed E-state index contributed by atoms with van der Waals surface area (Å²) in [5, 5.41) is 0. The van der Waals surface area contributed by atoms with E-state index in [1.54, 1.807) is 29.7 Å². The Hall–Kier alpha value is -2.80. The van der Waals surface area contributed by atoms with Crippen LogP contribution in [0.3, 0.4) is 0 Å². The number of aromatic nitrogens is 1. The minimum absolute atomic E-state index is 0.0169. The highest BCUT2D eigenvalue weighted by Gasteiger charge is 2.16. The molecule has 0 atom stereocenters. The van der Waals surface area contributed by atoms with Crippen LogP contribution in [0.5, 0.6) is 0 Å². The van der Waals surface area contributed by atoms with Crippen molar-refractivity contribution in [3.05, 3.63) is 64.2 Å². The lowest BCUT2D eigenvalue weighted by molar-refractivity contribution is -0.143. The van der Waals surface area contributed by atoms with Crippen molar-refractivity contribution >= 4 is 33.4 Å². The largest absolute Gasteiger partial charge is 0.465 e. The highest BCUT2D eigenvalue weighted by atomic mass is 32.1. The van der Waals surface area contributed by atoms with E-state index in [4.69, 9.17) is 4.74 Å². The van der Waals surface area contributed by atoms with E-state index in [2.05, 4.69) is 25.8 Å². The number of benzene rings is 2. The van der Waals surface area contributed by atoms with Crippen LogP contribution in [0.25, 0.3) is 10.2 Å². The molecule has 0 saturated carbocycles. The van der Waals surface area contributed by atoms with Gasteiger partial charge in [-0.3, -0.25) is 9.59 Å². The smallest absolute Gasteiger partial charge is 0.326 e. The summed E-state index contributed by atoms with van der Waals surface area (Å²) in [7, 11) is 0. The van der Waals surface area contributed by atoms with E-state index in [0.717, 1.165) is 16.9 Å². The number of nitrogens with zero attached hydrogens (tertiary/aromatic N) is 2. The Morgan fingerprint density at radius 2 is 1.83 bits per heavy atom. The Bertz CT molecular complexity index is 1120. The van der Waals surface area contributed by atoms with Crippen molar-refractivity contribution in [2.75, 3.05) is 6.61 Å². The van der Waals surface area contributed by atoms with Crippen molar-refractivity contribution < 1.29 is 18.7 Å². The number of amides is 1. The van der Waals surface area contributed by atoms with Gasteiger partial charge in [0, 0.05) is 5.56 Å². The molecule has 0 aliphatic rings. The molecule has 0 aliphatic heterocycles. The molecule has 7 heteroatoms. The molecule has 0 spiro atoms. The molecule has 0 aliphatic carbocycles. The average Bonchev–Trinajstić information content (AvgIpc) is 2.97. The maximum atomic E-state index is 13.6. The highest BCUT2D eigenvalue weighted by molar-refractivity contribution is 7.16. The number of carbonyl (C=O) groups is 2. The minimum atomic E-state index is -0.444.